The predicted molar refractivity (Wildman–Crippen MR) is 79.2 cm³/mol. The van der Waals surface area contributed by atoms with E-state index in [0.717, 1.165) is 17.2 Å². The largest absolute Gasteiger partial charge is 0.497 e. The zero-order valence-electron chi connectivity index (χ0n) is 12.7. The van der Waals surface area contributed by atoms with E-state index in [9.17, 15) is 4.79 Å². The number of aryl methyl sites for hydroxylation is 1. The second kappa shape index (κ2) is 7.44. The van der Waals surface area contributed by atoms with Crippen LogP contribution in [0.5, 0.6) is 11.5 Å². The summed E-state index contributed by atoms with van der Waals surface area (Å²) in [4.78, 5) is 10.6. The first-order valence-electron chi connectivity index (χ1n) is 6.97. The first-order valence-corrected chi connectivity index (χ1v) is 6.97. The van der Waals surface area contributed by atoms with Gasteiger partial charge in [-0.25, -0.2) is 4.68 Å². The van der Waals surface area contributed by atoms with Gasteiger partial charge in [0, 0.05) is 6.42 Å². The number of benzene rings is 1. The standard InChI is InChI=1S/C15H19N3O4/c1-11-14(7-8-15(19)20)16-17-18(11)9-10-22-13-5-3-12(21-2)4-6-13/h3-6H,7-10H2,1-2H3,(H,19,20). The van der Waals surface area contributed by atoms with Crippen molar-refractivity contribution in [1.82, 2.24) is 15.0 Å². The number of hydrogen-bond acceptors (Lipinski definition) is 5. The topological polar surface area (TPSA) is 86.5 Å². The molecule has 0 unspecified atom stereocenters. The van der Waals surface area contributed by atoms with Crippen molar-refractivity contribution in [2.45, 2.75) is 26.3 Å². The molecule has 0 saturated carbocycles. The minimum absolute atomic E-state index is 0.0574. The molecule has 0 bridgehead atoms. The first-order chi connectivity index (χ1) is 10.6. The van der Waals surface area contributed by atoms with Gasteiger partial charge in [-0.3, -0.25) is 4.79 Å². The van der Waals surface area contributed by atoms with Crippen LogP contribution in [0.15, 0.2) is 24.3 Å². The lowest BCUT2D eigenvalue weighted by molar-refractivity contribution is -0.136. The summed E-state index contributed by atoms with van der Waals surface area (Å²) in [7, 11) is 1.62. The van der Waals surface area contributed by atoms with Crippen LogP contribution in [-0.2, 0) is 17.8 Å². The maximum atomic E-state index is 10.6. The molecule has 7 heteroatoms. The van der Waals surface area contributed by atoms with Gasteiger partial charge in [-0.2, -0.15) is 0 Å². The molecule has 2 rings (SSSR count). The van der Waals surface area contributed by atoms with Crippen LogP contribution in [0.3, 0.4) is 0 Å². The maximum Gasteiger partial charge on any atom is 0.303 e. The smallest absolute Gasteiger partial charge is 0.303 e. The molecule has 0 radical (unpaired) electrons. The lowest BCUT2D eigenvalue weighted by Crippen LogP contribution is -2.11. The van der Waals surface area contributed by atoms with E-state index in [1.54, 1.807) is 11.8 Å². The van der Waals surface area contributed by atoms with E-state index in [1.807, 2.05) is 31.2 Å². The normalized spacial score (nSPS) is 10.5. The third-order valence-corrected chi connectivity index (χ3v) is 3.29. The van der Waals surface area contributed by atoms with Crippen LogP contribution < -0.4 is 9.47 Å². The van der Waals surface area contributed by atoms with Crippen molar-refractivity contribution in [2.24, 2.45) is 0 Å². The van der Waals surface area contributed by atoms with E-state index in [-0.39, 0.29) is 6.42 Å². The Labute approximate surface area is 128 Å². The second-order valence-electron chi connectivity index (χ2n) is 4.76. The molecular weight excluding hydrogens is 286 g/mol. The summed E-state index contributed by atoms with van der Waals surface area (Å²) in [6.45, 7) is 2.89. The number of carboxylic acids is 1. The highest BCUT2D eigenvalue weighted by Crippen LogP contribution is 2.17. The molecule has 0 aliphatic carbocycles. The van der Waals surface area contributed by atoms with Crippen molar-refractivity contribution in [1.29, 1.82) is 0 Å². The number of aromatic nitrogens is 3. The van der Waals surface area contributed by atoms with Crippen LogP contribution >= 0.6 is 0 Å². The molecule has 1 aromatic heterocycles. The van der Waals surface area contributed by atoms with Gasteiger partial charge in [0.25, 0.3) is 0 Å². The number of ether oxygens (including phenoxy) is 2. The Morgan fingerprint density at radius 2 is 1.95 bits per heavy atom. The molecule has 0 amide bonds. The zero-order chi connectivity index (χ0) is 15.9. The fourth-order valence-corrected chi connectivity index (χ4v) is 1.99. The van der Waals surface area contributed by atoms with Crippen molar-refractivity contribution < 1.29 is 19.4 Å². The van der Waals surface area contributed by atoms with E-state index in [4.69, 9.17) is 14.6 Å². The zero-order valence-corrected chi connectivity index (χ0v) is 12.7. The number of methoxy groups -OCH3 is 1. The minimum Gasteiger partial charge on any atom is -0.497 e. The molecule has 0 aliphatic rings. The van der Waals surface area contributed by atoms with Gasteiger partial charge in [0.15, 0.2) is 0 Å². The molecule has 1 heterocycles. The average Bonchev–Trinajstić information content (AvgIpc) is 2.86. The van der Waals surface area contributed by atoms with E-state index in [0.29, 0.717) is 25.3 Å². The summed E-state index contributed by atoms with van der Waals surface area (Å²) in [5.74, 6) is 0.698. The minimum atomic E-state index is -0.836. The number of nitrogens with zero attached hydrogens (tertiary/aromatic N) is 3. The molecule has 0 saturated heterocycles. The van der Waals surface area contributed by atoms with Gasteiger partial charge in [0.1, 0.15) is 18.1 Å². The molecule has 22 heavy (non-hydrogen) atoms. The van der Waals surface area contributed by atoms with Crippen molar-refractivity contribution >= 4 is 5.97 Å². The number of carbonyl (C=O) groups is 1. The Morgan fingerprint density at radius 1 is 1.27 bits per heavy atom. The van der Waals surface area contributed by atoms with Crippen molar-refractivity contribution in [3.63, 3.8) is 0 Å². The Morgan fingerprint density at radius 3 is 2.59 bits per heavy atom. The van der Waals surface area contributed by atoms with Gasteiger partial charge in [-0.05, 0) is 31.2 Å². The molecule has 1 aromatic carbocycles. The second-order valence-corrected chi connectivity index (χ2v) is 4.76. The van der Waals surface area contributed by atoms with E-state index >= 15 is 0 Å². The van der Waals surface area contributed by atoms with Crippen molar-refractivity contribution in [3.8, 4) is 11.5 Å². The number of carboxylic acid groups (broad SMARTS) is 1. The van der Waals surface area contributed by atoms with Crippen LogP contribution in [0.4, 0.5) is 0 Å². The van der Waals surface area contributed by atoms with Gasteiger partial charge in [0.05, 0.1) is 31.5 Å². The Balaban J connectivity index is 1.84. The Kier molecular flexibility index (Phi) is 5.35. The number of rotatable bonds is 8. The van der Waals surface area contributed by atoms with Crippen LogP contribution in [0.2, 0.25) is 0 Å². The van der Waals surface area contributed by atoms with E-state index < -0.39 is 5.97 Å². The van der Waals surface area contributed by atoms with Gasteiger partial charge >= 0.3 is 5.97 Å². The number of hydrogen-bond donors (Lipinski definition) is 1. The third kappa shape index (κ3) is 4.21. The molecule has 0 spiro atoms. The quantitative estimate of drug-likeness (QED) is 0.798. The van der Waals surface area contributed by atoms with Crippen molar-refractivity contribution in [2.75, 3.05) is 13.7 Å². The molecular formula is C15H19N3O4. The molecule has 7 nitrogen and oxygen atoms in total. The fourth-order valence-electron chi connectivity index (χ4n) is 1.99. The summed E-state index contributed by atoms with van der Waals surface area (Å²) in [5, 5.41) is 16.7. The van der Waals surface area contributed by atoms with Crippen LogP contribution in [-0.4, -0.2) is 39.8 Å². The molecule has 0 atom stereocenters. The van der Waals surface area contributed by atoms with Crippen LogP contribution in [0, 0.1) is 6.92 Å². The van der Waals surface area contributed by atoms with E-state index in [2.05, 4.69) is 10.3 Å². The third-order valence-electron chi connectivity index (χ3n) is 3.29. The van der Waals surface area contributed by atoms with E-state index in [1.165, 1.54) is 0 Å². The molecule has 2 aromatic rings. The summed E-state index contributed by atoms with van der Waals surface area (Å²) in [6.07, 6.45) is 0.447. The molecule has 1 N–H and O–H groups in total. The van der Waals surface area contributed by atoms with Crippen LogP contribution in [0.1, 0.15) is 17.8 Å². The van der Waals surface area contributed by atoms with Gasteiger partial charge in [0.2, 0.25) is 0 Å². The summed E-state index contributed by atoms with van der Waals surface area (Å²) >= 11 is 0. The predicted octanol–water partition coefficient (Wildman–Crippen LogP) is 1.69. The fraction of sp³-hybridized carbons (Fsp3) is 0.400. The van der Waals surface area contributed by atoms with Crippen LogP contribution in [0.25, 0.3) is 0 Å². The lowest BCUT2D eigenvalue weighted by Gasteiger charge is -2.08. The Bertz CT molecular complexity index is 622. The molecule has 0 aliphatic heterocycles. The van der Waals surface area contributed by atoms with Gasteiger partial charge < -0.3 is 14.6 Å². The summed E-state index contributed by atoms with van der Waals surface area (Å²) < 4.78 is 12.4. The maximum absolute atomic E-state index is 10.6. The SMILES string of the molecule is COc1ccc(OCCn2nnc(CCC(=O)O)c2C)cc1. The highest BCUT2D eigenvalue weighted by atomic mass is 16.5. The average molecular weight is 305 g/mol. The highest BCUT2D eigenvalue weighted by molar-refractivity contribution is 5.67. The first kappa shape index (κ1) is 15.8. The molecule has 0 fully saturated rings. The highest BCUT2D eigenvalue weighted by Gasteiger charge is 2.10. The monoisotopic (exact) mass is 305 g/mol. The van der Waals surface area contributed by atoms with Gasteiger partial charge in [-0.1, -0.05) is 5.21 Å². The van der Waals surface area contributed by atoms with Crippen molar-refractivity contribution in [3.05, 3.63) is 35.7 Å². The van der Waals surface area contributed by atoms with Gasteiger partial charge in [-0.15, -0.1) is 5.10 Å². The molecule has 118 valence electrons. The summed E-state index contributed by atoms with van der Waals surface area (Å²) in [5.41, 5.74) is 1.59. The lowest BCUT2D eigenvalue weighted by atomic mass is 10.2. The summed E-state index contributed by atoms with van der Waals surface area (Å²) in [6, 6.07) is 7.34. The Hall–Kier alpha value is -2.57. The number of aliphatic carboxylic acids is 1.